The second-order valence-electron chi connectivity index (χ2n) is 6.53. The predicted molar refractivity (Wildman–Crippen MR) is 101 cm³/mol. The first-order valence-corrected chi connectivity index (χ1v) is 9.13. The number of carbonyl (C=O) groups is 3. The van der Waals surface area contributed by atoms with Crippen LogP contribution in [-0.4, -0.2) is 27.7 Å². The van der Waals surface area contributed by atoms with Gasteiger partial charge in [0, 0.05) is 13.0 Å². The van der Waals surface area contributed by atoms with Gasteiger partial charge in [-0.05, 0) is 36.4 Å². The normalized spacial score (nSPS) is 15.4. The third kappa shape index (κ3) is 4.04. The highest BCUT2D eigenvalue weighted by Crippen LogP contribution is 2.28. The minimum Gasteiger partial charge on any atom is -0.467 e. The third-order valence-corrected chi connectivity index (χ3v) is 4.38. The van der Waals surface area contributed by atoms with E-state index in [9.17, 15) is 14.4 Å². The van der Waals surface area contributed by atoms with E-state index in [1.54, 1.807) is 36.4 Å². The number of hydrogen-bond donors (Lipinski definition) is 0. The van der Waals surface area contributed by atoms with Gasteiger partial charge in [-0.3, -0.25) is 19.4 Å². The number of hydrogen-bond acceptors (Lipinski definition) is 7. The van der Waals surface area contributed by atoms with E-state index in [1.807, 2.05) is 0 Å². The van der Waals surface area contributed by atoms with Crippen molar-refractivity contribution in [3.05, 3.63) is 77.7 Å². The van der Waals surface area contributed by atoms with Crippen LogP contribution in [0.1, 0.15) is 30.0 Å². The summed E-state index contributed by atoms with van der Waals surface area (Å²) >= 11 is 0. The van der Waals surface area contributed by atoms with Crippen LogP contribution < -0.4 is 0 Å². The van der Waals surface area contributed by atoms with E-state index in [4.69, 9.17) is 18.0 Å². The number of rotatable bonds is 7. The van der Waals surface area contributed by atoms with Gasteiger partial charge in [-0.15, -0.1) is 0 Å². The number of ether oxygens (including phenoxy) is 1. The zero-order chi connectivity index (χ0) is 21.1. The molecule has 0 N–H and O–H groups in total. The van der Waals surface area contributed by atoms with Crippen LogP contribution in [0.3, 0.4) is 0 Å². The Kier molecular flexibility index (Phi) is 5.25. The molecule has 3 aromatic rings. The van der Waals surface area contributed by atoms with Gasteiger partial charge in [0.15, 0.2) is 0 Å². The van der Waals surface area contributed by atoms with E-state index in [2.05, 4.69) is 0 Å². The highest BCUT2D eigenvalue weighted by molar-refractivity contribution is 6.13. The summed E-state index contributed by atoms with van der Waals surface area (Å²) in [7, 11) is 0. The smallest absolute Gasteiger partial charge is 0.332 e. The maximum atomic E-state index is 13.0. The molecule has 4 heterocycles. The Morgan fingerprint density at radius 2 is 1.63 bits per heavy atom. The Balaban J connectivity index is 1.61. The molecule has 30 heavy (non-hydrogen) atoms. The summed E-state index contributed by atoms with van der Waals surface area (Å²) in [5.41, 5.74) is 0.136. The fourth-order valence-corrected chi connectivity index (χ4v) is 3.00. The maximum Gasteiger partial charge on any atom is 0.332 e. The molecule has 0 radical (unpaired) electrons. The molecule has 9 nitrogen and oxygen atoms in total. The molecule has 0 bridgehead atoms. The second-order valence-corrected chi connectivity index (χ2v) is 6.53. The number of esters is 1. The molecule has 0 saturated carbocycles. The number of urea groups is 1. The van der Waals surface area contributed by atoms with E-state index in [-0.39, 0.29) is 25.4 Å². The molecule has 1 saturated heterocycles. The quantitative estimate of drug-likeness (QED) is 0.333. The van der Waals surface area contributed by atoms with Gasteiger partial charge in [0.25, 0.3) is 5.91 Å². The Hall–Kier alpha value is -4.01. The van der Waals surface area contributed by atoms with Crippen LogP contribution in [0, 0.1) is 0 Å². The predicted octanol–water partition coefficient (Wildman–Crippen LogP) is 3.53. The lowest BCUT2D eigenvalue weighted by atomic mass is 10.3. The van der Waals surface area contributed by atoms with E-state index in [0.717, 1.165) is 4.90 Å². The van der Waals surface area contributed by atoms with E-state index < -0.39 is 17.9 Å². The standard InChI is InChI=1S/C21H18N2O7/c1-14(24)29-13-18-7-6-15(30-18)10-19-20(25)23(12-17-5-3-9-28-17)21(26)22(19)11-16-4-2-8-27-16/h2-10H,11-13H2,1H3. The van der Waals surface area contributed by atoms with E-state index >= 15 is 0 Å². The van der Waals surface area contributed by atoms with Crippen LogP contribution in [0.25, 0.3) is 6.08 Å². The minimum absolute atomic E-state index is 0.00647. The summed E-state index contributed by atoms with van der Waals surface area (Å²) < 4.78 is 21.1. The zero-order valence-electron chi connectivity index (χ0n) is 16.1. The minimum atomic E-state index is -0.495. The van der Waals surface area contributed by atoms with Gasteiger partial charge >= 0.3 is 12.0 Å². The van der Waals surface area contributed by atoms with Crippen LogP contribution in [0.2, 0.25) is 0 Å². The average molecular weight is 410 g/mol. The molecule has 1 aliphatic heterocycles. The van der Waals surface area contributed by atoms with Crippen molar-refractivity contribution in [3.8, 4) is 0 Å². The lowest BCUT2D eigenvalue weighted by Gasteiger charge is -2.15. The average Bonchev–Trinajstić information content (AvgIpc) is 3.51. The summed E-state index contributed by atoms with van der Waals surface area (Å²) in [5, 5.41) is 0. The van der Waals surface area contributed by atoms with Crippen molar-refractivity contribution in [1.29, 1.82) is 0 Å². The van der Waals surface area contributed by atoms with Crippen LogP contribution in [0.15, 0.2) is 67.9 Å². The van der Waals surface area contributed by atoms with E-state index in [1.165, 1.54) is 30.4 Å². The maximum absolute atomic E-state index is 13.0. The SMILES string of the molecule is CC(=O)OCc1ccc(C=C2C(=O)N(Cc3ccco3)C(=O)N2Cc2ccco2)o1. The molecular formula is C21H18N2O7. The Morgan fingerprint density at radius 3 is 2.23 bits per heavy atom. The summed E-state index contributed by atoms with van der Waals surface area (Å²) in [6, 6.07) is 9.56. The molecule has 1 fully saturated rings. The van der Waals surface area contributed by atoms with Crippen LogP contribution in [0.4, 0.5) is 4.79 Å². The highest BCUT2D eigenvalue weighted by atomic mass is 16.5. The molecular weight excluding hydrogens is 392 g/mol. The molecule has 154 valence electrons. The molecule has 4 rings (SSSR count). The first kappa shape index (κ1) is 19.3. The van der Waals surface area contributed by atoms with Crippen molar-refractivity contribution in [2.75, 3.05) is 0 Å². The number of imide groups is 1. The third-order valence-electron chi connectivity index (χ3n) is 4.38. The van der Waals surface area contributed by atoms with Crippen molar-refractivity contribution >= 4 is 24.0 Å². The van der Waals surface area contributed by atoms with Gasteiger partial charge in [-0.2, -0.15) is 0 Å². The first-order valence-electron chi connectivity index (χ1n) is 9.13. The zero-order valence-corrected chi connectivity index (χ0v) is 16.1. The number of furan rings is 3. The highest BCUT2D eigenvalue weighted by Gasteiger charge is 2.41. The Labute approximate surface area is 171 Å². The van der Waals surface area contributed by atoms with Gasteiger partial charge in [0.05, 0.1) is 25.6 Å². The molecule has 3 amide bonds. The Morgan fingerprint density at radius 1 is 0.967 bits per heavy atom. The molecule has 0 aromatic carbocycles. The van der Waals surface area contributed by atoms with Gasteiger partial charge in [-0.25, -0.2) is 4.79 Å². The van der Waals surface area contributed by atoms with Crippen molar-refractivity contribution < 1.29 is 32.4 Å². The lowest BCUT2D eigenvalue weighted by molar-refractivity contribution is -0.142. The Bertz CT molecular complexity index is 1080. The monoisotopic (exact) mass is 410 g/mol. The number of nitrogens with zero attached hydrogens (tertiary/aromatic N) is 2. The summed E-state index contributed by atoms with van der Waals surface area (Å²) in [6.45, 7) is 1.37. The second kappa shape index (κ2) is 8.16. The summed E-state index contributed by atoms with van der Waals surface area (Å²) in [4.78, 5) is 39.4. The molecule has 0 atom stereocenters. The fourth-order valence-electron chi connectivity index (χ4n) is 3.00. The molecule has 0 aliphatic carbocycles. The van der Waals surface area contributed by atoms with Crippen molar-refractivity contribution in [2.45, 2.75) is 26.6 Å². The fraction of sp³-hybridized carbons (Fsp3) is 0.190. The number of amides is 3. The van der Waals surface area contributed by atoms with Crippen LogP contribution in [-0.2, 0) is 34.0 Å². The summed E-state index contributed by atoms with van der Waals surface area (Å²) in [5.74, 6) is 0.854. The lowest BCUT2D eigenvalue weighted by Crippen LogP contribution is -2.32. The van der Waals surface area contributed by atoms with Crippen molar-refractivity contribution in [3.63, 3.8) is 0 Å². The molecule has 3 aromatic heterocycles. The van der Waals surface area contributed by atoms with Crippen molar-refractivity contribution in [1.82, 2.24) is 9.80 Å². The number of carbonyl (C=O) groups excluding carboxylic acids is 3. The molecule has 0 unspecified atom stereocenters. The molecule has 9 heteroatoms. The van der Waals surface area contributed by atoms with E-state index in [0.29, 0.717) is 23.0 Å². The largest absolute Gasteiger partial charge is 0.467 e. The topological polar surface area (TPSA) is 106 Å². The van der Waals surface area contributed by atoms with Crippen molar-refractivity contribution in [2.24, 2.45) is 0 Å². The van der Waals surface area contributed by atoms with Gasteiger partial charge in [0.1, 0.15) is 35.3 Å². The van der Waals surface area contributed by atoms with Gasteiger partial charge in [0.2, 0.25) is 0 Å². The van der Waals surface area contributed by atoms with Gasteiger partial charge in [-0.1, -0.05) is 0 Å². The molecule has 0 spiro atoms. The van der Waals surface area contributed by atoms with Gasteiger partial charge < -0.3 is 18.0 Å². The summed E-state index contributed by atoms with van der Waals surface area (Å²) in [6.07, 6.45) is 4.45. The molecule has 1 aliphatic rings. The van der Waals surface area contributed by atoms with Crippen LogP contribution in [0.5, 0.6) is 0 Å². The first-order chi connectivity index (χ1) is 14.5. The van der Waals surface area contributed by atoms with Crippen LogP contribution >= 0.6 is 0 Å².